The zero-order valence-corrected chi connectivity index (χ0v) is 16.0. The zero-order valence-electron chi connectivity index (χ0n) is 15.2. The lowest BCUT2D eigenvalue weighted by Gasteiger charge is -2.05. The lowest BCUT2D eigenvalue weighted by atomic mass is 10.2. The Morgan fingerprint density at radius 1 is 1.13 bits per heavy atom. The number of carbonyl (C=O) groups excluding carboxylic acids is 1. The lowest BCUT2D eigenvalue weighted by molar-refractivity contribution is 0.102. The summed E-state index contributed by atoms with van der Waals surface area (Å²) in [6.07, 6.45) is 4.32. The van der Waals surface area contributed by atoms with Gasteiger partial charge in [-0.2, -0.15) is 5.10 Å². The van der Waals surface area contributed by atoms with Gasteiger partial charge in [0, 0.05) is 11.3 Å². The van der Waals surface area contributed by atoms with Crippen LogP contribution in [0.15, 0.2) is 55.1 Å². The monoisotopic (exact) mass is 420 g/mol. The third-order valence-corrected chi connectivity index (χ3v) is 5.22. The van der Waals surface area contributed by atoms with Gasteiger partial charge in [0.15, 0.2) is 5.82 Å². The molecule has 3 heterocycles. The highest BCUT2D eigenvalue weighted by Crippen LogP contribution is 2.31. The number of amides is 1. The number of anilines is 3. The van der Waals surface area contributed by atoms with Gasteiger partial charge in [-0.3, -0.25) is 9.89 Å². The lowest BCUT2D eigenvalue weighted by Crippen LogP contribution is -2.12. The van der Waals surface area contributed by atoms with Crippen molar-refractivity contribution in [3.63, 3.8) is 0 Å². The molecule has 0 aliphatic rings. The minimum absolute atomic E-state index is 0.284. The van der Waals surface area contributed by atoms with Crippen LogP contribution < -0.4 is 10.6 Å². The molecule has 0 fully saturated rings. The maximum atomic E-state index is 14.6. The maximum absolute atomic E-state index is 14.6. The maximum Gasteiger partial charge on any atom is 0.273 e. The Morgan fingerprint density at radius 2 is 2.07 bits per heavy atom. The normalized spacial score (nSPS) is 11.0. The average molecular weight is 420 g/mol. The quantitative estimate of drug-likeness (QED) is 0.341. The van der Waals surface area contributed by atoms with Crippen molar-refractivity contribution in [2.24, 2.45) is 0 Å². The second kappa shape index (κ2) is 7.37. The summed E-state index contributed by atoms with van der Waals surface area (Å²) in [7, 11) is 0. The molecule has 0 aliphatic carbocycles. The minimum atomic E-state index is -0.415. The van der Waals surface area contributed by atoms with Gasteiger partial charge in [-0.25, -0.2) is 9.37 Å². The van der Waals surface area contributed by atoms with Gasteiger partial charge in [0.1, 0.15) is 10.7 Å². The van der Waals surface area contributed by atoms with E-state index in [1.807, 2.05) is 6.07 Å². The Balaban J connectivity index is 1.36. The first-order chi connectivity index (χ1) is 14.7. The Bertz CT molecular complexity index is 1340. The van der Waals surface area contributed by atoms with Gasteiger partial charge in [0.2, 0.25) is 5.13 Å². The number of rotatable bonds is 5. The summed E-state index contributed by atoms with van der Waals surface area (Å²) in [5, 5.41) is 22.1. The number of aromatic nitrogens is 6. The summed E-state index contributed by atoms with van der Waals surface area (Å²) in [6.45, 7) is 0. The number of H-pyrrole nitrogens is 2. The van der Waals surface area contributed by atoms with Gasteiger partial charge in [0.25, 0.3) is 5.91 Å². The molecule has 11 heteroatoms. The Hall–Kier alpha value is -4.12. The predicted octanol–water partition coefficient (Wildman–Crippen LogP) is 3.94. The van der Waals surface area contributed by atoms with Crippen molar-refractivity contribution >= 4 is 44.7 Å². The number of aromatic amines is 2. The number of carbonyl (C=O) groups is 1. The molecule has 2 aromatic carbocycles. The molecule has 4 N–H and O–H groups in total. The molecule has 0 radical (unpaired) electrons. The van der Waals surface area contributed by atoms with Crippen LogP contribution in [-0.4, -0.2) is 36.3 Å². The second-order valence-electron chi connectivity index (χ2n) is 6.30. The summed E-state index contributed by atoms with van der Waals surface area (Å²) in [6, 6.07) is 10.6. The number of hydrogen-bond donors (Lipinski definition) is 4. The highest BCUT2D eigenvalue weighted by molar-refractivity contribution is 7.18. The molecule has 0 saturated heterocycles. The Kier molecular flexibility index (Phi) is 4.41. The fourth-order valence-corrected chi connectivity index (χ4v) is 3.65. The molecule has 3 aromatic heterocycles. The molecule has 9 nitrogen and oxygen atoms in total. The van der Waals surface area contributed by atoms with Crippen LogP contribution in [0.25, 0.3) is 21.5 Å². The average Bonchev–Trinajstić information content (AvgIpc) is 3.52. The standard InChI is InChI=1S/C19H13FN8OS/c20-16-12-7-23-26-13(12)4-5-14(16)25-19-28-27-18(30-19)10-2-1-3-11(6-10)24-17(29)15-8-21-9-22-15/h1-9H,(H,21,22)(H,23,26)(H,24,29)(H,25,28). The van der Waals surface area contributed by atoms with E-state index in [4.69, 9.17) is 0 Å². The van der Waals surface area contributed by atoms with Crippen molar-refractivity contribution in [2.75, 3.05) is 10.6 Å². The highest BCUT2D eigenvalue weighted by atomic mass is 32.1. The topological polar surface area (TPSA) is 124 Å². The van der Waals surface area contributed by atoms with Crippen molar-refractivity contribution in [2.45, 2.75) is 0 Å². The number of nitrogens with one attached hydrogen (secondary N) is 4. The predicted molar refractivity (Wildman–Crippen MR) is 111 cm³/mol. The van der Waals surface area contributed by atoms with Crippen LogP contribution >= 0.6 is 11.3 Å². The number of benzene rings is 2. The van der Waals surface area contributed by atoms with Gasteiger partial charge in [-0.1, -0.05) is 23.5 Å². The van der Waals surface area contributed by atoms with Crippen LogP contribution in [0.2, 0.25) is 0 Å². The van der Waals surface area contributed by atoms with Gasteiger partial charge < -0.3 is 15.6 Å². The van der Waals surface area contributed by atoms with E-state index in [1.165, 1.54) is 30.1 Å². The zero-order chi connectivity index (χ0) is 20.5. The molecular formula is C19H13FN8OS. The van der Waals surface area contributed by atoms with Crippen LogP contribution in [0.4, 0.5) is 20.9 Å². The van der Waals surface area contributed by atoms with E-state index in [0.717, 1.165) is 5.56 Å². The molecule has 148 valence electrons. The van der Waals surface area contributed by atoms with Crippen LogP contribution in [0.3, 0.4) is 0 Å². The number of halogens is 1. The smallest absolute Gasteiger partial charge is 0.273 e. The molecule has 1 amide bonds. The van der Waals surface area contributed by atoms with Crippen molar-refractivity contribution in [1.29, 1.82) is 0 Å². The minimum Gasteiger partial charge on any atom is -0.341 e. The van der Waals surface area contributed by atoms with Gasteiger partial charge in [-0.15, -0.1) is 10.2 Å². The summed E-state index contributed by atoms with van der Waals surface area (Å²) in [5.74, 6) is -0.712. The molecule has 0 atom stereocenters. The van der Waals surface area contributed by atoms with Crippen molar-refractivity contribution in [3.8, 4) is 10.6 Å². The SMILES string of the molecule is O=C(Nc1cccc(-c2nnc(Nc3ccc4[nH]ncc4c3F)s2)c1)c1cnc[nH]1. The Morgan fingerprint density at radius 3 is 2.93 bits per heavy atom. The van der Waals surface area contributed by atoms with Crippen LogP contribution in [-0.2, 0) is 0 Å². The summed E-state index contributed by atoms with van der Waals surface area (Å²) in [4.78, 5) is 18.8. The largest absolute Gasteiger partial charge is 0.341 e. The number of fused-ring (bicyclic) bond motifs is 1. The van der Waals surface area contributed by atoms with E-state index in [1.54, 1.807) is 30.3 Å². The summed E-state index contributed by atoms with van der Waals surface area (Å²) >= 11 is 1.27. The van der Waals surface area contributed by atoms with E-state index in [9.17, 15) is 9.18 Å². The first-order valence-electron chi connectivity index (χ1n) is 8.79. The molecule has 30 heavy (non-hydrogen) atoms. The van der Waals surface area contributed by atoms with Crippen LogP contribution in [0.5, 0.6) is 0 Å². The molecule has 5 rings (SSSR count). The molecule has 5 aromatic rings. The first kappa shape index (κ1) is 17.9. The molecular weight excluding hydrogens is 407 g/mol. The van der Waals surface area contributed by atoms with Crippen molar-refractivity contribution in [1.82, 2.24) is 30.4 Å². The molecule has 0 saturated carbocycles. The molecule has 0 bridgehead atoms. The fourth-order valence-electron chi connectivity index (χ4n) is 2.89. The van der Waals surface area contributed by atoms with Crippen molar-refractivity contribution < 1.29 is 9.18 Å². The number of nitrogens with zero attached hydrogens (tertiary/aromatic N) is 4. The third kappa shape index (κ3) is 3.37. The number of hydrogen-bond acceptors (Lipinski definition) is 7. The van der Waals surface area contributed by atoms with Gasteiger partial charge in [0.05, 0.1) is 35.3 Å². The van der Waals surface area contributed by atoms with E-state index in [2.05, 4.69) is 41.0 Å². The van der Waals surface area contributed by atoms with Crippen molar-refractivity contribution in [3.05, 3.63) is 66.6 Å². The van der Waals surface area contributed by atoms with E-state index < -0.39 is 5.82 Å². The number of imidazole rings is 1. The summed E-state index contributed by atoms with van der Waals surface area (Å²) in [5.41, 5.74) is 2.64. The van der Waals surface area contributed by atoms with E-state index in [0.29, 0.717) is 32.4 Å². The first-order valence-corrected chi connectivity index (χ1v) is 9.61. The molecule has 0 aliphatic heterocycles. The molecule has 0 unspecified atom stereocenters. The van der Waals surface area contributed by atoms with Crippen LogP contribution in [0, 0.1) is 5.82 Å². The van der Waals surface area contributed by atoms with Crippen LogP contribution in [0.1, 0.15) is 10.5 Å². The Labute approximate surface area is 172 Å². The van der Waals surface area contributed by atoms with Gasteiger partial charge >= 0.3 is 0 Å². The molecule has 0 spiro atoms. The van der Waals surface area contributed by atoms with E-state index in [-0.39, 0.29) is 11.6 Å². The summed E-state index contributed by atoms with van der Waals surface area (Å²) < 4.78 is 14.6. The third-order valence-electron chi connectivity index (χ3n) is 4.34. The van der Waals surface area contributed by atoms with Gasteiger partial charge in [-0.05, 0) is 24.3 Å². The van der Waals surface area contributed by atoms with E-state index >= 15 is 0 Å². The highest BCUT2D eigenvalue weighted by Gasteiger charge is 2.13. The fraction of sp³-hybridized carbons (Fsp3) is 0. The second-order valence-corrected chi connectivity index (χ2v) is 7.27.